The highest BCUT2D eigenvalue weighted by Crippen LogP contribution is 2.42. The van der Waals surface area contributed by atoms with Crippen LogP contribution >= 0.6 is 34.8 Å². The molecule has 0 bridgehead atoms. The van der Waals surface area contributed by atoms with Gasteiger partial charge in [-0.05, 0) is 17.7 Å². The monoisotopic (exact) mass is 297 g/mol. The molecule has 4 nitrogen and oxygen atoms in total. The average Bonchev–Trinajstić information content (AvgIpc) is 2.24. The summed E-state index contributed by atoms with van der Waals surface area (Å²) in [5.41, 5.74) is 0.557. The number of nitrogens with zero attached hydrogens (tertiary/aromatic N) is 1. The molecule has 0 amide bonds. The Morgan fingerprint density at radius 1 is 1.47 bits per heavy atom. The van der Waals surface area contributed by atoms with Crippen LogP contribution in [-0.4, -0.2) is 22.4 Å². The van der Waals surface area contributed by atoms with Crippen molar-refractivity contribution in [2.24, 2.45) is 0 Å². The highest BCUT2D eigenvalue weighted by Gasteiger charge is 2.37. The maximum Gasteiger partial charge on any atom is 0.214 e. The largest absolute Gasteiger partial charge is 0.497 e. The third-order valence-electron chi connectivity index (χ3n) is 2.22. The minimum Gasteiger partial charge on any atom is -0.497 e. The molecular formula is C10H10Cl3NO3. The van der Waals surface area contributed by atoms with Gasteiger partial charge in [-0.15, -0.1) is 0 Å². The fourth-order valence-corrected chi connectivity index (χ4v) is 1.99. The molecule has 0 heterocycles. The molecule has 0 aliphatic rings. The van der Waals surface area contributed by atoms with Crippen molar-refractivity contribution in [3.05, 3.63) is 39.9 Å². The molecule has 1 aromatic rings. The number of rotatable bonds is 4. The maximum absolute atomic E-state index is 10.6. The molecule has 0 aliphatic carbocycles. The molecule has 1 rings (SSSR count). The summed E-state index contributed by atoms with van der Waals surface area (Å²) in [7, 11) is 1.50. The van der Waals surface area contributed by atoms with Crippen molar-refractivity contribution >= 4 is 34.8 Å². The van der Waals surface area contributed by atoms with Crippen LogP contribution in [0.15, 0.2) is 24.3 Å². The second kappa shape index (κ2) is 5.76. The van der Waals surface area contributed by atoms with Crippen molar-refractivity contribution in [2.75, 3.05) is 13.7 Å². The number of benzene rings is 1. The van der Waals surface area contributed by atoms with E-state index in [9.17, 15) is 10.1 Å². The quantitative estimate of drug-likeness (QED) is 0.486. The Bertz CT molecular complexity index is 406. The van der Waals surface area contributed by atoms with Crippen LogP contribution < -0.4 is 4.74 Å². The van der Waals surface area contributed by atoms with Crippen LogP contribution in [-0.2, 0) is 0 Å². The van der Waals surface area contributed by atoms with Gasteiger partial charge in [0.15, 0.2) is 0 Å². The first-order chi connectivity index (χ1) is 7.84. The molecule has 0 spiro atoms. The molecule has 7 heteroatoms. The van der Waals surface area contributed by atoms with Gasteiger partial charge in [-0.1, -0.05) is 46.9 Å². The van der Waals surface area contributed by atoms with Crippen molar-refractivity contribution in [3.8, 4) is 5.75 Å². The SMILES string of the molecule is COc1cccc(C(C[N+](=O)[O-])C(Cl)(Cl)Cl)c1. The van der Waals surface area contributed by atoms with Gasteiger partial charge in [-0.25, -0.2) is 0 Å². The molecule has 1 unspecified atom stereocenters. The van der Waals surface area contributed by atoms with E-state index >= 15 is 0 Å². The van der Waals surface area contributed by atoms with E-state index in [0.29, 0.717) is 11.3 Å². The van der Waals surface area contributed by atoms with Crippen LogP contribution in [0, 0.1) is 10.1 Å². The third-order valence-corrected chi connectivity index (χ3v) is 3.01. The Morgan fingerprint density at radius 2 is 2.12 bits per heavy atom. The Labute approximate surface area is 114 Å². The first kappa shape index (κ1) is 14.4. The van der Waals surface area contributed by atoms with Crippen molar-refractivity contribution in [3.63, 3.8) is 0 Å². The number of nitro groups is 1. The summed E-state index contributed by atoms with van der Waals surface area (Å²) < 4.78 is 3.29. The number of methoxy groups -OCH3 is 1. The van der Waals surface area contributed by atoms with Gasteiger partial charge < -0.3 is 4.74 Å². The first-order valence-corrected chi connectivity index (χ1v) is 5.80. The van der Waals surface area contributed by atoms with Crippen LogP contribution in [0.5, 0.6) is 5.75 Å². The zero-order valence-electron chi connectivity index (χ0n) is 8.90. The predicted octanol–water partition coefficient (Wildman–Crippen LogP) is 3.43. The summed E-state index contributed by atoms with van der Waals surface area (Å²) in [6.45, 7) is -0.455. The van der Waals surface area contributed by atoms with Crippen LogP contribution in [0.1, 0.15) is 11.5 Å². The fourth-order valence-electron chi connectivity index (χ4n) is 1.41. The number of hydrogen-bond acceptors (Lipinski definition) is 3. The number of alkyl halides is 3. The Hall–Kier alpha value is -0.710. The summed E-state index contributed by atoms with van der Waals surface area (Å²) >= 11 is 17.3. The summed E-state index contributed by atoms with van der Waals surface area (Å²) in [5.74, 6) is -0.261. The summed E-state index contributed by atoms with van der Waals surface area (Å²) in [4.78, 5) is 10.1. The second-order valence-corrected chi connectivity index (χ2v) is 5.76. The van der Waals surface area contributed by atoms with Gasteiger partial charge in [-0.3, -0.25) is 10.1 Å². The average molecular weight is 299 g/mol. The Morgan fingerprint density at radius 3 is 2.59 bits per heavy atom. The zero-order valence-corrected chi connectivity index (χ0v) is 11.2. The lowest BCUT2D eigenvalue weighted by molar-refractivity contribution is -0.483. The minimum absolute atomic E-state index is 0.455. The standard InChI is InChI=1S/C10H10Cl3NO3/c1-17-8-4-2-3-7(5-8)9(6-14(15)16)10(11,12)13/h2-5,9H,6H2,1H3. The maximum atomic E-state index is 10.6. The molecule has 0 saturated carbocycles. The van der Waals surface area contributed by atoms with E-state index in [1.54, 1.807) is 24.3 Å². The van der Waals surface area contributed by atoms with Gasteiger partial charge >= 0.3 is 0 Å². The third kappa shape index (κ3) is 4.22. The van der Waals surface area contributed by atoms with Crippen molar-refractivity contribution < 1.29 is 9.66 Å². The predicted molar refractivity (Wildman–Crippen MR) is 67.9 cm³/mol. The number of hydrogen-bond donors (Lipinski definition) is 0. The topological polar surface area (TPSA) is 52.4 Å². The van der Waals surface area contributed by atoms with Crippen LogP contribution in [0.4, 0.5) is 0 Å². The van der Waals surface area contributed by atoms with Crippen LogP contribution in [0.25, 0.3) is 0 Å². The number of ether oxygens (including phenoxy) is 1. The van der Waals surface area contributed by atoms with E-state index in [1.165, 1.54) is 7.11 Å². The summed E-state index contributed by atoms with van der Waals surface area (Å²) in [5, 5.41) is 10.6. The van der Waals surface area contributed by atoms with E-state index in [0.717, 1.165) is 0 Å². The summed E-state index contributed by atoms with van der Waals surface area (Å²) in [6, 6.07) is 6.69. The smallest absolute Gasteiger partial charge is 0.214 e. The van der Waals surface area contributed by atoms with E-state index < -0.39 is 21.2 Å². The fraction of sp³-hybridized carbons (Fsp3) is 0.400. The molecule has 1 aromatic carbocycles. The van der Waals surface area contributed by atoms with Crippen molar-refractivity contribution in [2.45, 2.75) is 9.71 Å². The lowest BCUT2D eigenvalue weighted by Crippen LogP contribution is -2.25. The van der Waals surface area contributed by atoms with E-state index in [4.69, 9.17) is 39.5 Å². The van der Waals surface area contributed by atoms with Gasteiger partial charge in [0.05, 0.1) is 13.0 Å². The molecule has 0 aromatic heterocycles. The van der Waals surface area contributed by atoms with Gasteiger partial charge in [0.25, 0.3) is 0 Å². The molecule has 0 fully saturated rings. The van der Waals surface area contributed by atoms with Crippen LogP contribution in [0.3, 0.4) is 0 Å². The molecule has 0 N–H and O–H groups in total. The highest BCUT2D eigenvalue weighted by atomic mass is 35.6. The van der Waals surface area contributed by atoms with Gasteiger partial charge in [0, 0.05) is 4.92 Å². The summed E-state index contributed by atoms with van der Waals surface area (Å²) in [6.07, 6.45) is 0. The molecule has 0 radical (unpaired) electrons. The molecular weight excluding hydrogens is 288 g/mol. The Kier molecular flexibility index (Phi) is 4.86. The molecule has 94 valence electrons. The lowest BCUT2D eigenvalue weighted by Gasteiger charge is -2.21. The van der Waals surface area contributed by atoms with Gasteiger partial charge in [0.1, 0.15) is 5.75 Å². The van der Waals surface area contributed by atoms with E-state index in [1.807, 2.05) is 0 Å². The van der Waals surface area contributed by atoms with Crippen molar-refractivity contribution in [1.29, 1.82) is 0 Å². The van der Waals surface area contributed by atoms with Crippen molar-refractivity contribution in [1.82, 2.24) is 0 Å². The van der Waals surface area contributed by atoms with Gasteiger partial charge in [0.2, 0.25) is 10.3 Å². The second-order valence-electron chi connectivity index (χ2n) is 3.39. The zero-order chi connectivity index (χ0) is 13.1. The molecule has 17 heavy (non-hydrogen) atoms. The molecule has 0 saturated heterocycles. The molecule has 1 atom stereocenters. The molecule has 0 aliphatic heterocycles. The highest BCUT2D eigenvalue weighted by molar-refractivity contribution is 6.68. The van der Waals surface area contributed by atoms with E-state index in [2.05, 4.69) is 0 Å². The van der Waals surface area contributed by atoms with Gasteiger partial charge in [-0.2, -0.15) is 0 Å². The normalized spacial score (nSPS) is 13.2. The Balaban J connectivity index is 3.08. The van der Waals surface area contributed by atoms with E-state index in [-0.39, 0.29) is 0 Å². The number of halogens is 3. The van der Waals surface area contributed by atoms with Crippen LogP contribution in [0.2, 0.25) is 0 Å². The lowest BCUT2D eigenvalue weighted by atomic mass is 10.0. The minimum atomic E-state index is -1.74. The first-order valence-electron chi connectivity index (χ1n) is 4.67.